The van der Waals surface area contributed by atoms with Gasteiger partial charge in [0.2, 0.25) is 23.5 Å². The van der Waals surface area contributed by atoms with Gasteiger partial charge < -0.3 is 36.0 Å². The zero-order valence-electron chi connectivity index (χ0n) is 32.2. The highest BCUT2D eigenvalue weighted by Gasteiger charge is 2.45. The van der Waals surface area contributed by atoms with Crippen LogP contribution in [0, 0.1) is 11.8 Å². The Kier molecular flexibility index (Phi) is 15.4. The van der Waals surface area contributed by atoms with E-state index in [0.717, 1.165) is 56.9 Å². The second-order valence-electron chi connectivity index (χ2n) is 16.0. The zero-order chi connectivity index (χ0) is 39.4. The molecule has 5 N–H and O–H groups in total. The summed E-state index contributed by atoms with van der Waals surface area (Å²) in [5.41, 5.74) is 0.151. The van der Waals surface area contributed by atoms with Gasteiger partial charge in [-0.25, -0.2) is 9.59 Å². The minimum absolute atomic E-state index is 0.126. The summed E-state index contributed by atoms with van der Waals surface area (Å²) in [6, 6.07) is 5.27. The number of Topliss-reactive ketones (excluding diaryl/α,β-unsaturated/α-hetero) is 1. The number of alkyl carbamates (subject to hydrolysis) is 1. The number of hydrogen-bond acceptors (Lipinski definition) is 8. The summed E-state index contributed by atoms with van der Waals surface area (Å²) in [5, 5.41) is 20.1. The van der Waals surface area contributed by atoms with Gasteiger partial charge in [0.15, 0.2) is 0 Å². The van der Waals surface area contributed by atoms with Crippen LogP contribution < -0.4 is 21.3 Å². The van der Waals surface area contributed by atoms with E-state index in [-0.39, 0.29) is 37.1 Å². The average Bonchev–Trinajstić information content (AvgIpc) is 3.60. The minimum Gasteiger partial charge on any atom is -0.480 e. The molecule has 3 fully saturated rings. The number of ether oxygens (including phenoxy) is 1. The predicted octanol–water partition coefficient (Wildman–Crippen LogP) is 3.96. The van der Waals surface area contributed by atoms with Crippen LogP contribution in [-0.4, -0.2) is 94.3 Å². The fourth-order valence-corrected chi connectivity index (χ4v) is 8.06. The van der Waals surface area contributed by atoms with Gasteiger partial charge in [0.25, 0.3) is 5.91 Å². The maximum Gasteiger partial charge on any atom is 0.408 e. The molecule has 0 radical (unpaired) electrons. The summed E-state index contributed by atoms with van der Waals surface area (Å²) in [6.07, 6.45) is 8.55. The molecule has 1 aromatic carbocycles. The number of amides is 5. The number of likely N-dealkylation sites (tertiary alicyclic amines) is 1. The van der Waals surface area contributed by atoms with Crippen molar-refractivity contribution < 1.29 is 43.4 Å². The molecule has 14 heteroatoms. The van der Waals surface area contributed by atoms with Gasteiger partial charge in [-0.15, -0.1) is 0 Å². The Hall–Kier alpha value is -4.49. The highest BCUT2D eigenvalue weighted by Crippen LogP contribution is 2.35. The third-order valence-corrected chi connectivity index (χ3v) is 10.8. The van der Waals surface area contributed by atoms with Crippen LogP contribution in [-0.2, 0) is 33.5 Å². The Morgan fingerprint density at radius 1 is 0.833 bits per heavy atom. The molecule has 0 spiro atoms. The number of carbonyl (C=O) groups excluding carboxylic acids is 6. The van der Waals surface area contributed by atoms with E-state index in [4.69, 9.17) is 4.74 Å². The Labute approximate surface area is 318 Å². The van der Waals surface area contributed by atoms with Crippen LogP contribution in [0.15, 0.2) is 30.3 Å². The van der Waals surface area contributed by atoms with Gasteiger partial charge in [-0.1, -0.05) is 82.2 Å². The zero-order valence-corrected chi connectivity index (χ0v) is 32.2. The first kappa shape index (κ1) is 42.3. The molecule has 54 heavy (non-hydrogen) atoms. The molecule has 14 nitrogen and oxygen atoms in total. The van der Waals surface area contributed by atoms with Crippen molar-refractivity contribution in [3.63, 3.8) is 0 Å². The number of nitrogens with zero attached hydrogens (tertiary/aromatic N) is 1. The summed E-state index contributed by atoms with van der Waals surface area (Å²) in [7, 11) is 0. The van der Waals surface area contributed by atoms with Crippen molar-refractivity contribution in [1.82, 2.24) is 26.2 Å². The summed E-state index contributed by atoms with van der Waals surface area (Å²) in [6.45, 7) is 6.62. The Morgan fingerprint density at radius 3 is 1.98 bits per heavy atom. The third-order valence-electron chi connectivity index (χ3n) is 10.8. The Balaban J connectivity index is 1.48. The maximum absolute atomic E-state index is 14.5. The number of carboxylic acids is 1. The van der Waals surface area contributed by atoms with Gasteiger partial charge in [-0.2, -0.15) is 0 Å². The van der Waals surface area contributed by atoms with Crippen LogP contribution in [0.2, 0.25) is 0 Å². The first-order valence-corrected chi connectivity index (χ1v) is 19.7. The van der Waals surface area contributed by atoms with Crippen LogP contribution in [0.5, 0.6) is 0 Å². The second-order valence-corrected chi connectivity index (χ2v) is 16.0. The van der Waals surface area contributed by atoms with E-state index in [9.17, 15) is 38.7 Å². The van der Waals surface area contributed by atoms with Crippen molar-refractivity contribution in [1.29, 1.82) is 0 Å². The molecule has 1 saturated heterocycles. The third kappa shape index (κ3) is 12.0. The van der Waals surface area contributed by atoms with Crippen molar-refractivity contribution in [2.75, 3.05) is 13.1 Å². The quantitative estimate of drug-likeness (QED) is 0.165. The van der Waals surface area contributed by atoms with Crippen LogP contribution >= 0.6 is 0 Å². The summed E-state index contributed by atoms with van der Waals surface area (Å²) >= 11 is 0. The van der Waals surface area contributed by atoms with E-state index in [1.807, 2.05) is 30.3 Å². The van der Waals surface area contributed by atoms with Crippen molar-refractivity contribution in [3.8, 4) is 0 Å². The largest absolute Gasteiger partial charge is 0.480 e. The van der Waals surface area contributed by atoms with Gasteiger partial charge in [-0.05, 0) is 76.7 Å². The molecule has 1 heterocycles. The minimum atomic E-state index is -1.23. The van der Waals surface area contributed by atoms with Crippen LogP contribution in [0.1, 0.15) is 123 Å². The van der Waals surface area contributed by atoms with E-state index in [2.05, 4.69) is 21.3 Å². The van der Waals surface area contributed by atoms with Gasteiger partial charge in [0, 0.05) is 12.5 Å². The molecule has 0 bridgehead atoms. The Bertz CT molecular complexity index is 1480. The molecule has 5 amide bonds. The molecule has 2 saturated carbocycles. The normalized spacial score (nSPS) is 21.2. The smallest absolute Gasteiger partial charge is 0.408 e. The van der Waals surface area contributed by atoms with Crippen LogP contribution in [0.4, 0.5) is 4.79 Å². The number of carboxylic acid groups (broad SMARTS) is 1. The van der Waals surface area contributed by atoms with Crippen molar-refractivity contribution in [2.45, 2.75) is 147 Å². The molecule has 5 atom stereocenters. The molecular weight excluding hydrogens is 694 g/mol. The van der Waals surface area contributed by atoms with Gasteiger partial charge in [0.1, 0.15) is 23.7 Å². The molecule has 298 valence electrons. The molecule has 2 aliphatic carbocycles. The van der Waals surface area contributed by atoms with E-state index < -0.39 is 77.8 Å². The first-order chi connectivity index (χ1) is 25.7. The topological polar surface area (TPSA) is 200 Å². The molecule has 4 rings (SSSR count). The highest BCUT2D eigenvalue weighted by atomic mass is 16.6. The lowest BCUT2D eigenvalue weighted by Gasteiger charge is -2.35. The predicted molar refractivity (Wildman–Crippen MR) is 200 cm³/mol. The van der Waals surface area contributed by atoms with Gasteiger partial charge >= 0.3 is 12.1 Å². The van der Waals surface area contributed by atoms with Crippen molar-refractivity contribution in [2.24, 2.45) is 11.8 Å². The molecule has 0 aromatic heterocycles. The SMILES string of the molecule is CCCC(NC(=O)C1CC(c2ccccc2)CN1C(=O)C(NC(=O)OC(C)(C)C)C1CCCCC1)C(=O)C(=O)NCC(=O)NC(C(=O)O)C1CCCCC1. The second kappa shape index (κ2) is 19.7. The number of benzene rings is 1. The number of hydrogen-bond donors (Lipinski definition) is 5. The lowest BCUT2D eigenvalue weighted by Crippen LogP contribution is -2.58. The summed E-state index contributed by atoms with van der Waals surface area (Å²) < 4.78 is 5.53. The van der Waals surface area contributed by atoms with Crippen LogP contribution in [0.3, 0.4) is 0 Å². The number of nitrogens with one attached hydrogen (secondary N) is 4. The number of carbonyl (C=O) groups is 7. The fraction of sp³-hybridized carbons (Fsp3) is 0.675. The van der Waals surface area contributed by atoms with E-state index >= 15 is 0 Å². The van der Waals surface area contributed by atoms with Crippen molar-refractivity contribution >= 4 is 41.5 Å². The fourth-order valence-electron chi connectivity index (χ4n) is 8.06. The Morgan fingerprint density at radius 2 is 1.43 bits per heavy atom. The number of ketones is 1. The monoisotopic (exact) mass is 753 g/mol. The molecule has 1 aromatic rings. The lowest BCUT2D eigenvalue weighted by atomic mass is 9.83. The molecule has 3 aliphatic rings. The maximum atomic E-state index is 14.5. The number of rotatable bonds is 15. The summed E-state index contributed by atoms with van der Waals surface area (Å²) in [4.78, 5) is 94.2. The molecule has 1 aliphatic heterocycles. The van der Waals surface area contributed by atoms with Crippen molar-refractivity contribution in [3.05, 3.63) is 35.9 Å². The van der Waals surface area contributed by atoms with E-state index in [1.165, 1.54) is 4.90 Å². The number of aliphatic carboxylic acids is 1. The van der Waals surface area contributed by atoms with Crippen LogP contribution in [0.25, 0.3) is 0 Å². The first-order valence-electron chi connectivity index (χ1n) is 19.7. The highest BCUT2D eigenvalue weighted by molar-refractivity contribution is 6.38. The van der Waals surface area contributed by atoms with E-state index in [0.29, 0.717) is 19.3 Å². The van der Waals surface area contributed by atoms with Gasteiger partial charge in [0.05, 0.1) is 12.6 Å². The molecular formula is C40H59N5O9. The lowest BCUT2D eigenvalue weighted by molar-refractivity contribution is -0.144. The molecule has 5 unspecified atom stereocenters. The van der Waals surface area contributed by atoms with Gasteiger partial charge in [-0.3, -0.25) is 24.0 Å². The standard InChI is InChI=1S/C40H59N5O9/c1-5-15-29(34(47)36(49)41-23-31(46)43-33(38(51)52)27-20-13-8-14-21-27)42-35(48)30-22-28(25-16-9-6-10-17-25)24-45(30)37(50)32(26-18-11-7-12-19-26)44-39(53)54-40(2,3)4/h6,9-10,16-17,26-30,32-33H,5,7-8,11-15,18-24H2,1-4H3,(H,41,49)(H,42,48)(H,43,46)(H,44,53)(H,51,52). The summed E-state index contributed by atoms with van der Waals surface area (Å²) in [5.74, 6) is -5.50. The van der Waals surface area contributed by atoms with E-state index in [1.54, 1.807) is 27.7 Å². The average molecular weight is 754 g/mol.